The molecule has 5 rings (SSSR count). The summed E-state index contributed by atoms with van der Waals surface area (Å²) in [7, 11) is 0. The van der Waals surface area contributed by atoms with Crippen LogP contribution in [0.15, 0.2) is 73.1 Å². The van der Waals surface area contributed by atoms with Crippen molar-refractivity contribution in [3.8, 4) is 0 Å². The van der Waals surface area contributed by atoms with E-state index in [9.17, 15) is 19.5 Å². The van der Waals surface area contributed by atoms with Crippen LogP contribution in [0.2, 0.25) is 0 Å². The number of carbonyl (C=O) groups excluding carboxylic acids is 2. The molecule has 1 N–H and O–H groups in total. The molecule has 1 unspecified atom stereocenters. The predicted octanol–water partition coefficient (Wildman–Crippen LogP) is 2.99. The molecule has 8 heteroatoms. The number of benzene rings is 2. The lowest BCUT2D eigenvalue weighted by molar-refractivity contribution is -0.137. The minimum atomic E-state index is -0.939. The van der Waals surface area contributed by atoms with E-state index in [1.54, 1.807) is 30.6 Å². The van der Waals surface area contributed by atoms with E-state index in [2.05, 4.69) is 9.88 Å². The van der Waals surface area contributed by atoms with Crippen LogP contribution in [0.4, 0.5) is 5.69 Å². The maximum Gasteiger partial charge on any atom is 0.304 e. The summed E-state index contributed by atoms with van der Waals surface area (Å²) < 4.78 is 0. The predicted molar refractivity (Wildman–Crippen MR) is 135 cm³/mol. The van der Waals surface area contributed by atoms with Crippen LogP contribution in [0.3, 0.4) is 0 Å². The van der Waals surface area contributed by atoms with Crippen molar-refractivity contribution < 1.29 is 19.5 Å². The van der Waals surface area contributed by atoms with Crippen LogP contribution in [0, 0.1) is 0 Å². The summed E-state index contributed by atoms with van der Waals surface area (Å²) in [4.78, 5) is 48.5. The fraction of sp³-hybridized carbons (Fsp3) is 0.286. The number of aromatic nitrogens is 1. The molecule has 0 spiro atoms. The second-order valence-corrected chi connectivity index (χ2v) is 9.20. The summed E-state index contributed by atoms with van der Waals surface area (Å²) >= 11 is 0. The third kappa shape index (κ3) is 4.85. The molecule has 2 aliphatic rings. The van der Waals surface area contributed by atoms with Gasteiger partial charge in [-0.05, 0) is 41.0 Å². The first-order chi connectivity index (χ1) is 17.5. The Kier molecular flexibility index (Phi) is 6.77. The average molecular weight is 485 g/mol. The van der Waals surface area contributed by atoms with E-state index in [0.29, 0.717) is 29.9 Å². The monoisotopic (exact) mass is 484 g/mol. The first kappa shape index (κ1) is 23.7. The van der Waals surface area contributed by atoms with Gasteiger partial charge in [-0.25, -0.2) is 0 Å². The number of amides is 2. The zero-order chi connectivity index (χ0) is 25.1. The Labute approximate surface area is 209 Å². The van der Waals surface area contributed by atoms with Crippen molar-refractivity contribution in [2.24, 2.45) is 0 Å². The van der Waals surface area contributed by atoms with Gasteiger partial charge >= 0.3 is 5.97 Å². The molecular formula is C28H28N4O4. The number of carboxylic acids is 1. The highest BCUT2D eigenvalue weighted by atomic mass is 16.4. The maximum absolute atomic E-state index is 13.7. The van der Waals surface area contributed by atoms with Crippen LogP contribution in [0.5, 0.6) is 0 Å². The van der Waals surface area contributed by atoms with Gasteiger partial charge in [0, 0.05) is 62.3 Å². The quantitative estimate of drug-likeness (QED) is 0.578. The molecule has 2 amide bonds. The zero-order valence-corrected chi connectivity index (χ0v) is 19.9. The Morgan fingerprint density at radius 3 is 2.28 bits per heavy atom. The van der Waals surface area contributed by atoms with Gasteiger partial charge in [-0.3, -0.25) is 29.2 Å². The highest BCUT2D eigenvalue weighted by Crippen LogP contribution is 2.40. The minimum absolute atomic E-state index is 0.0890. The standard InChI is InChI=1S/C28H28N4O4/c33-26(31-15-13-30(14-16-31)18-20-9-11-29-12-10-20)19-32-25-8-4-3-6-22(25)24(17-27(34)35)21-5-1-2-7-23(21)28(32)36/h1-12,24H,13-19H2,(H,34,35). The van der Waals surface area contributed by atoms with Gasteiger partial charge in [-0.15, -0.1) is 0 Å². The molecule has 2 aromatic carbocycles. The summed E-state index contributed by atoms with van der Waals surface area (Å²) in [5.74, 6) is -1.81. The van der Waals surface area contributed by atoms with Gasteiger partial charge in [0.2, 0.25) is 5.91 Å². The first-order valence-electron chi connectivity index (χ1n) is 12.1. The topological polar surface area (TPSA) is 94.0 Å². The van der Waals surface area contributed by atoms with Crippen LogP contribution < -0.4 is 4.90 Å². The number of anilines is 1. The summed E-state index contributed by atoms with van der Waals surface area (Å²) in [5, 5.41) is 9.60. The van der Waals surface area contributed by atoms with Gasteiger partial charge in [0.25, 0.3) is 5.91 Å². The second-order valence-electron chi connectivity index (χ2n) is 9.20. The van der Waals surface area contributed by atoms with Gasteiger partial charge in [0.1, 0.15) is 6.54 Å². The van der Waals surface area contributed by atoms with E-state index in [0.717, 1.165) is 25.2 Å². The van der Waals surface area contributed by atoms with Gasteiger partial charge in [-0.1, -0.05) is 36.4 Å². The van der Waals surface area contributed by atoms with Gasteiger partial charge in [0.15, 0.2) is 0 Å². The molecule has 8 nitrogen and oxygen atoms in total. The van der Waals surface area contributed by atoms with Crippen LogP contribution in [0.25, 0.3) is 0 Å². The van der Waals surface area contributed by atoms with E-state index in [1.165, 1.54) is 10.5 Å². The third-order valence-corrected chi connectivity index (χ3v) is 6.97. The Hall–Kier alpha value is -4.04. The van der Waals surface area contributed by atoms with Crippen molar-refractivity contribution in [3.05, 3.63) is 95.3 Å². The molecule has 1 aromatic heterocycles. The Bertz CT molecular complexity index is 1270. The number of carbonyl (C=O) groups is 3. The number of fused-ring (bicyclic) bond motifs is 2. The van der Waals surface area contributed by atoms with E-state index >= 15 is 0 Å². The number of aliphatic carboxylic acids is 1. The largest absolute Gasteiger partial charge is 0.481 e. The third-order valence-electron chi connectivity index (χ3n) is 6.97. The van der Waals surface area contributed by atoms with E-state index in [4.69, 9.17) is 0 Å². The molecule has 3 aromatic rings. The Morgan fingerprint density at radius 2 is 1.56 bits per heavy atom. The normalized spacial score (nSPS) is 17.8. The molecule has 3 heterocycles. The Morgan fingerprint density at radius 1 is 0.889 bits per heavy atom. The minimum Gasteiger partial charge on any atom is -0.481 e. The van der Waals surface area contributed by atoms with E-state index in [-0.39, 0.29) is 24.8 Å². The average Bonchev–Trinajstić information content (AvgIpc) is 2.99. The summed E-state index contributed by atoms with van der Waals surface area (Å²) in [6, 6.07) is 18.4. The molecule has 36 heavy (non-hydrogen) atoms. The van der Waals surface area contributed by atoms with Crippen molar-refractivity contribution in [1.29, 1.82) is 0 Å². The lowest BCUT2D eigenvalue weighted by Crippen LogP contribution is -2.51. The number of pyridine rings is 1. The first-order valence-corrected chi connectivity index (χ1v) is 12.1. The summed E-state index contributed by atoms with van der Waals surface area (Å²) in [5.41, 5.74) is 3.64. The SMILES string of the molecule is O=C(O)CC1c2ccccc2C(=O)N(CC(=O)N2CCN(Cc3ccncc3)CC2)c2ccccc21. The molecule has 1 atom stereocenters. The summed E-state index contributed by atoms with van der Waals surface area (Å²) in [6.45, 7) is 3.40. The second kappa shape index (κ2) is 10.3. The highest BCUT2D eigenvalue weighted by Gasteiger charge is 2.35. The smallest absolute Gasteiger partial charge is 0.304 e. The lowest BCUT2D eigenvalue weighted by Gasteiger charge is -2.36. The van der Waals surface area contributed by atoms with Crippen LogP contribution in [-0.2, 0) is 16.1 Å². The molecule has 0 aliphatic carbocycles. The molecule has 1 fully saturated rings. The number of piperazine rings is 1. The van der Waals surface area contributed by atoms with Crippen molar-refractivity contribution in [2.45, 2.75) is 18.9 Å². The summed E-state index contributed by atoms with van der Waals surface area (Å²) in [6.07, 6.45) is 3.43. The van der Waals surface area contributed by atoms with Gasteiger partial charge < -0.3 is 10.0 Å². The number of rotatable bonds is 6. The van der Waals surface area contributed by atoms with Crippen LogP contribution >= 0.6 is 0 Å². The molecule has 184 valence electrons. The fourth-order valence-corrected chi connectivity index (χ4v) is 5.13. The number of hydrogen-bond donors (Lipinski definition) is 1. The van der Waals surface area contributed by atoms with Crippen LogP contribution in [-0.4, -0.2) is 70.4 Å². The zero-order valence-electron chi connectivity index (χ0n) is 19.9. The molecule has 2 aliphatic heterocycles. The Balaban J connectivity index is 1.36. The fourth-order valence-electron chi connectivity index (χ4n) is 5.13. The number of hydrogen-bond acceptors (Lipinski definition) is 5. The maximum atomic E-state index is 13.7. The van der Waals surface area contributed by atoms with Crippen molar-refractivity contribution in [3.63, 3.8) is 0 Å². The van der Waals surface area contributed by atoms with Crippen LogP contribution in [0.1, 0.15) is 39.4 Å². The van der Waals surface area contributed by atoms with Gasteiger partial charge in [-0.2, -0.15) is 0 Å². The molecule has 0 saturated carbocycles. The van der Waals surface area contributed by atoms with E-state index < -0.39 is 11.9 Å². The molecular weight excluding hydrogens is 456 g/mol. The lowest BCUT2D eigenvalue weighted by atomic mass is 9.86. The molecule has 0 bridgehead atoms. The van der Waals surface area contributed by atoms with E-state index in [1.807, 2.05) is 47.4 Å². The molecule has 1 saturated heterocycles. The van der Waals surface area contributed by atoms with Crippen molar-refractivity contribution in [1.82, 2.24) is 14.8 Å². The number of nitrogens with zero attached hydrogens (tertiary/aromatic N) is 4. The van der Waals surface area contributed by atoms with Crippen molar-refractivity contribution in [2.75, 3.05) is 37.6 Å². The molecule has 0 radical (unpaired) electrons. The highest BCUT2D eigenvalue weighted by molar-refractivity contribution is 6.11. The van der Waals surface area contributed by atoms with Crippen molar-refractivity contribution >= 4 is 23.5 Å². The van der Waals surface area contributed by atoms with Gasteiger partial charge in [0.05, 0.1) is 6.42 Å². The number of carboxylic acid groups (broad SMARTS) is 1. The number of para-hydroxylation sites is 1.